The Morgan fingerprint density at radius 2 is 1.53 bits per heavy atom. The molecule has 0 aliphatic carbocycles. The topological polar surface area (TPSA) is 296 Å². The lowest BCUT2D eigenvalue weighted by atomic mass is 10.1. The number of rotatable bonds is 11. The summed E-state index contributed by atoms with van der Waals surface area (Å²) >= 11 is 0. The van der Waals surface area contributed by atoms with Crippen molar-refractivity contribution in [3.05, 3.63) is 36.4 Å². The molecule has 0 spiro atoms. The van der Waals surface area contributed by atoms with Crippen LogP contribution >= 0.6 is 0 Å². The summed E-state index contributed by atoms with van der Waals surface area (Å²) in [4.78, 5) is -2.25. The predicted molar refractivity (Wildman–Crippen MR) is 145 cm³/mol. The van der Waals surface area contributed by atoms with Crippen LogP contribution in [0.15, 0.2) is 61.3 Å². The maximum Gasteiger partial charge on any atom is 0.397 e. The molecule has 234 valence electrons. The van der Waals surface area contributed by atoms with Crippen molar-refractivity contribution in [2.45, 2.75) is 33.9 Å². The third-order valence-corrected chi connectivity index (χ3v) is 9.70. The van der Waals surface area contributed by atoms with Crippen LogP contribution in [0.25, 0.3) is 10.8 Å². The van der Waals surface area contributed by atoms with Crippen molar-refractivity contribution < 1.29 is 66.5 Å². The standard InChI is InChI=1S/C21H21N3O15S4/c1-10-21(39-10)22-15-8-13(41(29,30)31)6-11-7-17(42(32,33)34)19(20(26)18(11)15)24-23-14-3-2-12(9-16(14)25)40(27,28)5-4-38-43(35,36)37/h2-3,6-10,21-22,25-26H,4-5H2,1H3,(H,29,30,31)(H,32,33,34)(H,35,36,37). The number of hydrogen-bond donors (Lipinski definition) is 6. The second kappa shape index (κ2) is 11.2. The molecule has 0 radical (unpaired) electrons. The zero-order chi connectivity index (χ0) is 32.1. The van der Waals surface area contributed by atoms with Crippen molar-refractivity contribution >= 4 is 68.3 Å². The number of nitrogens with zero attached hydrogens (tertiary/aromatic N) is 2. The number of phenols is 2. The Hall–Kier alpha value is -3.48. The van der Waals surface area contributed by atoms with Crippen LogP contribution in [0.3, 0.4) is 0 Å². The van der Waals surface area contributed by atoms with E-state index < -0.39 is 96.6 Å². The molecule has 0 bridgehead atoms. The van der Waals surface area contributed by atoms with Crippen LogP contribution in [0.4, 0.5) is 17.1 Å². The number of sulfone groups is 1. The fourth-order valence-electron chi connectivity index (χ4n) is 3.76. The van der Waals surface area contributed by atoms with Crippen LogP contribution in [0.2, 0.25) is 0 Å². The second-order valence-corrected chi connectivity index (χ2v) is 14.9. The van der Waals surface area contributed by atoms with Crippen molar-refractivity contribution in [1.29, 1.82) is 0 Å². The third kappa shape index (κ3) is 7.54. The van der Waals surface area contributed by atoms with Gasteiger partial charge in [-0.1, -0.05) is 0 Å². The minimum atomic E-state index is -5.17. The van der Waals surface area contributed by atoms with Gasteiger partial charge in [0.2, 0.25) is 0 Å². The third-order valence-electron chi connectivity index (χ3n) is 5.86. The van der Waals surface area contributed by atoms with Crippen molar-refractivity contribution in [3.63, 3.8) is 0 Å². The van der Waals surface area contributed by atoms with Crippen molar-refractivity contribution in [3.8, 4) is 11.5 Å². The molecule has 18 nitrogen and oxygen atoms in total. The number of azo groups is 1. The van der Waals surface area contributed by atoms with E-state index in [9.17, 15) is 53.0 Å². The average Bonchev–Trinajstić information content (AvgIpc) is 3.55. The Kier molecular flexibility index (Phi) is 8.46. The molecule has 1 aliphatic rings. The van der Waals surface area contributed by atoms with E-state index in [0.29, 0.717) is 6.07 Å². The SMILES string of the molecule is CC1OC1Nc1cc(S(=O)(=O)O)cc2cc(S(=O)(=O)O)c(N=Nc3ccc(S(=O)(=O)CCOS(=O)(=O)O)cc3O)c(O)c12. The molecule has 3 aromatic rings. The Labute approximate surface area is 244 Å². The number of aromatic hydroxyl groups is 2. The molecule has 4 rings (SSSR count). The lowest BCUT2D eigenvalue weighted by molar-refractivity contribution is 0.284. The highest BCUT2D eigenvalue weighted by atomic mass is 32.3. The lowest BCUT2D eigenvalue weighted by Crippen LogP contribution is -2.15. The molecule has 0 amide bonds. The van der Waals surface area contributed by atoms with E-state index >= 15 is 0 Å². The van der Waals surface area contributed by atoms with Crippen molar-refractivity contribution in [1.82, 2.24) is 0 Å². The number of fused-ring (bicyclic) bond motifs is 1. The highest BCUT2D eigenvalue weighted by Gasteiger charge is 2.35. The highest BCUT2D eigenvalue weighted by molar-refractivity contribution is 7.91. The molecular formula is C21H21N3O15S4. The van der Waals surface area contributed by atoms with E-state index in [2.05, 4.69) is 19.7 Å². The zero-order valence-electron chi connectivity index (χ0n) is 21.4. The van der Waals surface area contributed by atoms with Gasteiger partial charge < -0.3 is 20.3 Å². The van der Waals surface area contributed by atoms with Gasteiger partial charge in [-0.25, -0.2) is 12.6 Å². The number of ether oxygens (including phenoxy) is 1. The van der Waals surface area contributed by atoms with E-state index in [4.69, 9.17) is 9.29 Å². The molecule has 6 N–H and O–H groups in total. The van der Waals surface area contributed by atoms with Crippen molar-refractivity contribution in [2.24, 2.45) is 10.2 Å². The van der Waals surface area contributed by atoms with Gasteiger partial charge in [-0.2, -0.15) is 25.3 Å². The Bertz CT molecular complexity index is 2100. The number of phenolic OH excluding ortho intramolecular Hbond substituents is 2. The Morgan fingerprint density at radius 1 is 0.884 bits per heavy atom. The minimum Gasteiger partial charge on any atom is -0.506 e. The quantitative estimate of drug-likeness (QED) is 0.0955. The van der Waals surface area contributed by atoms with Gasteiger partial charge in [0.25, 0.3) is 20.2 Å². The molecule has 0 aromatic heterocycles. The first-order chi connectivity index (χ1) is 19.7. The van der Waals surface area contributed by atoms with Crippen LogP contribution in [0.1, 0.15) is 6.92 Å². The molecule has 1 heterocycles. The molecule has 22 heteroatoms. The van der Waals surface area contributed by atoms with Crippen LogP contribution in [-0.2, 0) is 49.4 Å². The predicted octanol–water partition coefficient (Wildman–Crippen LogP) is 1.91. The number of anilines is 1. The molecule has 0 saturated carbocycles. The van der Waals surface area contributed by atoms with Crippen LogP contribution < -0.4 is 5.32 Å². The van der Waals surface area contributed by atoms with Crippen molar-refractivity contribution in [2.75, 3.05) is 17.7 Å². The highest BCUT2D eigenvalue weighted by Crippen LogP contribution is 2.46. The largest absolute Gasteiger partial charge is 0.506 e. The molecule has 3 aromatic carbocycles. The maximum atomic E-state index is 12.4. The summed E-state index contributed by atoms with van der Waals surface area (Å²) in [6, 6.07) is 5.07. The van der Waals surface area contributed by atoms with Gasteiger partial charge in [0.1, 0.15) is 28.1 Å². The number of nitrogens with one attached hydrogen (secondary N) is 1. The van der Waals surface area contributed by atoms with Crippen LogP contribution in [-0.4, -0.2) is 82.2 Å². The molecule has 2 atom stereocenters. The van der Waals surface area contributed by atoms with Gasteiger partial charge >= 0.3 is 10.4 Å². The summed E-state index contributed by atoms with van der Waals surface area (Å²) in [6.45, 7) is 0.732. The summed E-state index contributed by atoms with van der Waals surface area (Å²) in [5.74, 6) is -2.64. The fourth-order valence-corrected chi connectivity index (χ4v) is 6.46. The van der Waals surface area contributed by atoms with Crippen LogP contribution in [0.5, 0.6) is 11.5 Å². The normalized spacial score (nSPS) is 17.9. The first-order valence-corrected chi connectivity index (χ1v) is 17.4. The Balaban J connectivity index is 1.80. The summed E-state index contributed by atoms with van der Waals surface area (Å²) in [5.41, 5.74) is -1.44. The fraction of sp³-hybridized carbons (Fsp3) is 0.238. The van der Waals surface area contributed by atoms with E-state index in [1.54, 1.807) is 6.92 Å². The first kappa shape index (κ1) is 32.4. The van der Waals surface area contributed by atoms with Gasteiger partial charge in [-0.3, -0.25) is 13.7 Å². The van der Waals surface area contributed by atoms with Gasteiger partial charge in [-0.05, 0) is 42.6 Å². The van der Waals surface area contributed by atoms with E-state index in [-0.39, 0.29) is 22.6 Å². The average molecular weight is 684 g/mol. The zero-order valence-corrected chi connectivity index (χ0v) is 24.6. The minimum absolute atomic E-state index is 0.134. The number of hydrogen-bond acceptors (Lipinski definition) is 15. The summed E-state index contributed by atoms with van der Waals surface area (Å²) < 4.78 is 131. The van der Waals surface area contributed by atoms with Gasteiger partial charge in [-0.15, -0.1) is 10.2 Å². The lowest BCUT2D eigenvalue weighted by Gasteiger charge is -2.14. The Morgan fingerprint density at radius 3 is 2.07 bits per heavy atom. The monoisotopic (exact) mass is 683 g/mol. The summed E-state index contributed by atoms with van der Waals surface area (Å²) in [6.07, 6.45) is -0.968. The maximum absolute atomic E-state index is 12.4. The molecule has 1 saturated heterocycles. The number of epoxide rings is 1. The van der Waals surface area contributed by atoms with E-state index in [0.717, 1.165) is 30.3 Å². The molecule has 1 fully saturated rings. The molecule has 2 unspecified atom stereocenters. The summed E-state index contributed by atoms with van der Waals surface area (Å²) in [7, 11) is -19.1. The van der Waals surface area contributed by atoms with E-state index in [1.807, 2.05) is 0 Å². The van der Waals surface area contributed by atoms with E-state index in [1.165, 1.54) is 0 Å². The van der Waals surface area contributed by atoms with Gasteiger partial charge in [0.15, 0.2) is 21.8 Å². The molecule has 1 aliphatic heterocycles. The van der Waals surface area contributed by atoms with Gasteiger partial charge in [0.05, 0.1) is 22.2 Å². The first-order valence-electron chi connectivity index (χ1n) is 11.5. The molecule has 43 heavy (non-hydrogen) atoms. The smallest absolute Gasteiger partial charge is 0.397 e. The van der Waals surface area contributed by atoms with Crippen LogP contribution in [0, 0.1) is 0 Å². The second-order valence-electron chi connectivity index (χ2n) is 8.92. The molecular weight excluding hydrogens is 663 g/mol. The van der Waals surface area contributed by atoms with Gasteiger partial charge in [0, 0.05) is 17.1 Å². The summed E-state index contributed by atoms with van der Waals surface area (Å²) in [5, 5.41) is 30.9. The number of benzene rings is 3.